The highest BCUT2D eigenvalue weighted by molar-refractivity contribution is 7.99. The number of ether oxygens (including phenoxy) is 1. The fourth-order valence-corrected chi connectivity index (χ4v) is 3.82. The van der Waals surface area contributed by atoms with Gasteiger partial charge in [-0.15, -0.1) is 11.8 Å². The van der Waals surface area contributed by atoms with Gasteiger partial charge in [0, 0.05) is 24.1 Å². The van der Waals surface area contributed by atoms with Gasteiger partial charge in [-0.3, -0.25) is 9.59 Å². The quantitative estimate of drug-likeness (QED) is 0.341. The molecule has 2 rings (SSSR count). The minimum Gasteiger partial charge on any atom is -0.457 e. The first kappa shape index (κ1) is 23.8. The molecule has 2 N–H and O–H groups in total. The summed E-state index contributed by atoms with van der Waals surface area (Å²) >= 11 is 1.53. The van der Waals surface area contributed by atoms with Gasteiger partial charge in [-0.05, 0) is 42.8 Å². The molecule has 2 aromatic rings. The highest BCUT2D eigenvalue weighted by atomic mass is 32.2. The number of unbranched alkanes of at least 4 members (excludes halogenated alkanes) is 4. The standard InChI is InChI=1S/C24H32N2O3S/c1-3-4-5-6-10-17-25-24(28)23(26-19(2)27)18-30-22-15-13-21(14-16-22)29-20-11-8-7-9-12-20/h7-9,11-16,23H,3-6,10,17-18H2,1-2H3,(H,25,28)(H,26,27). The molecule has 0 saturated carbocycles. The van der Waals surface area contributed by atoms with E-state index in [0.29, 0.717) is 12.3 Å². The Kier molecular flexibility index (Phi) is 10.9. The Balaban J connectivity index is 1.81. The van der Waals surface area contributed by atoms with Gasteiger partial charge in [0.2, 0.25) is 11.8 Å². The summed E-state index contributed by atoms with van der Waals surface area (Å²) in [7, 11) is 0. The Labute approximate surface area is 184 Å². The summed E-state index contributed by atoms with van der Waals surface area (Å²) in [5.41, 5.74) is 0. The lowest BCUT2D eigenvalue weighted by Crippen LogP contribution is -2.47. The molecule has 2 aromatic carbocycles. The summed E-state index contributed by atoms with van der Waals surface area (Å²) in [5.74, 6) is 1.68. The summed E-state index contributed by atoms with van der Waals surface area (Å²) in [6.07, 6.45) is 5.71. The third-order valence-corrected chi connectivity index (χ3v) is 5.60. The smallest absolute Gasteiger partial charge is 0.243 e. The molecule has 0 radical (unpaired) electrons. The maximum atomic E-state index is 12.5. The molecule has 30 heavy (non-hydrogen) atoms. The van der Waals surface area contributed by atoms with Crippen molar-refractivity contribution in [3.8, 4) is 11.5 Å². The van der Waals surface area contributed by atoms with Crippen molar-refractivity contribution in [3.05, 3.63) is 54.6 Å². The van der Waals surface area contributed by atoms with Crippen molar-refractivity contribution >= 4 is 23.6 Å². The number of amides is 2. The monoisotopic (exact) mass is 428 g/mol. The lowest BCUT2D eigenvalue weighted by molar-refractivity contribution is -0.127. The minimum absolute atomic E-state index is 0.128. The van der Waals surface area contributed by atoms with E-state index in [1.807, 2.05) is 54.6 Å². The van der Waals surface area contributed by atoms with E-state index in [0.717, 1.165) is 29.2 Å². The molecule has 0 fully saturated rings. The predicted molar refractivity (Wildman–Crippen MR) is 123 cm³/mol. The molecule has 2 amide bonds. The number of para-hydroxylation sites is 1. The second-order valence-corrected chi connectivity index (χ2v) is 8.25. The molecule has 0 aromatic heterocycles. The molecule has 0 aliphatic heterocycles. The second-order valence-electron chi connectivity index (χ2n) is 7.16. The van der Waals surface area contributed by atoms with E-state index in [1.54, 1.807) is 0 Å². The van der Waals surface area contributed by atoms with E-state index in [4.69, 9.17) is 4.74 Å². The van der Waals surface area contributed by atoms with Crippen LogP contribution in [0.5, 0.6) is 11.5 Å². The van der Waals surface area contributed by atoms with Gasteiger partial charge >= 0.3 is 0 Å². The number of hydrogen-bond acceptors (Lipinski definition) is 4. The summed E-state index contributed by atoms with van der Waals surface area (Å²) < 4.78 is 5.80. The van der Waals surface area contributed by atoms with Crippen molar-refractivity contribution < 1.29 is 14.3 Å². The van der Waals surface area contributed by atoms with Crippen LogP contribution in [0.15, 0.2) is 59.5 Å². The number of nitrogens with one attached hydrogen (secondary N) is 2. The Morgan fingerprint density at radius 2 is 1.60 bits per heavy atom. The average molecular weight is 429 g/mol. The maximum Gasteiger partial charge on any atom is 0.243 e. The Bertz CT molecular complexity index is 766. The maximum absolute atomic E-state index is 12.5. The number of benzene rings is 2. The molecule has 0 aliphatic carbocycles. The fraction of sp³-hybridized carbons (Fsp3) is 0.417. The third kappa shape index (κ3) is 9.35. The topological polar surface area (TPSA) is 67.4 Å². The van der Waals surface area contributed by atoms with Gasteiger partial charge < -0.3 is 15.4 Å². The number of thioether (sulfide) groups is 1. The molecule has 6 heteroatoms. The molecular weight excluding hydrogens is 396 g/mol. The molecule has 0 heterocycles. The minimum atomic E-state index is -0.552. The first-order valence-electron chi connectivity index (χ1n) is 10.6. The van der Waals surface area contributed by atoms with Crippen LogP contribution in [0.2, 0.25) is 0 Å². The van der Waals surface area contributed by atoms with Gasteiger partial charge in [0.05, 0.1) is 0 Å². The zero-order valence-electron chi connectivity index (χ0n) is 17.9. The lowest BCUT2D eigenvalue weighted by atomic mass is 10.1. The summed E-state index contributed by atoms with van der Waals surface area (Å²) in [6.45, 7) is 4.27. The van der Waals surface area contributed by atoms with E-state index in [9.17, 15) is 9.59 Å². The van der Waals surface area contributed by atoms with Gasteiger partial charge in [-0.1, -0.05) is 50.8 Å². The molecule has 5 nitrogen and oxygen atoms in total. The molecule has 1 atom stereocenters. The first-order valence-corrected chi connectivity index (χ1v) is 11.6. The summed E-state index contributed by atoms with van der Waals surface area (Å²) in [6, 6.07) is 16.8. The molecule has 0 aliphatic rings. The van der Waals surface area contributed by atoms with Crippen molar-refractivity contribution in [1.82, 2.24) is 10.6 Å². The van der Waals surface area contributed by atoms with Gasteiger partial charge in [0.15, 0.2) is 0 Å². The van der Waals surface area contributed by atoms with Gasteiger partial charge in [-0.25, -0.2) is 0 Å². The lowest BCUT2D eigenvalue weighted by Gasteiger charge is -2.17. The molecule has 1 unspecified atom stereocenters. The Morgan fingerprint density at radius 1 is 0.933 bits per heavy atom. The van der Waals surface area contributed by atoms with Crippen LogP contribution < -0.4 is 15.4 Å². The molecule has 0 spiro atoms. The molecule has 0 bridgehead atoms. The van der Waals surface area contributed by atoms with Crippen LogP contribution in [0, 0.1) is 0 Å². The van der Waals surface area contributed by atoms with Crippen LogP contribution in [-0.2, 0) is 9.59 Å². The molecule has 162 valence electrons. The van der Waals surface area contributed by atoms with Crippen LogP contribution >= 0.6 is 11.8 Å². The average Bonchev–Trinajstić information content (AvgIpc) is 2.75. The highest BCUT2D eigenvalue weighted by Crippen LogP contribution is 2.25. The normalized spacial score (nSPS) is 11.5. The summed E-state index contributed by atoms with van der Waals surface area (Å²) in [4.78, 5) is 25.0. The van der Waals surface area contributed by atoms with E-state index >= 15 is 0 Å². The zero-order valence-corrected chi connectivity index (χ0v) is 18.7. The SMILES string of the molecule is CCCCCCCNC(=O)C(CSc1ccc(Oc2ccccc2)cc1)NC(C)=O. The van der Waals surface area contributed by atoms with E-state index in [1.165, 1.54) is 37.9 Å². The van der Waals surface area contributed by atoms with Crippen LogP contribution in [0.25, 0.3) is 0 Å². The second kappa shape index (κ2) is 13.7. The zero-order chi connectivity index (χ0) is 21.6. The summed E-state index contributed by atoms with van der Waals surface area (Å²) in [5, 5.41) is 5.71. The van der Waals surface area contributed by atoms with Gasteiger partial charge in [-0.2, -0.15) is 0 Å². The number of rotatable bonds is 13. The number of hydrogen-bond donors (Lipinski definition) is 2. The van der Waals surface area contributed by atoms with Crippen molar-refractivity contribution in [2.75, 3.05) is 12.3 Å². The van der Waals surface area contributed by atoms with E-state index < -0.39 is 6.04 Å². The van der Waals surface area contributed by atoms with Crippen molar-refractivity contribution in [3.63, 3.8) is 0 Å². The largest absolute Gasteiger partial charge is 0.457 e. The third-order valence-electron chi connectivity index (χ3n) is 4.49. The van der Waals surface area contributed by atoms with E-state index in [-0.39, 0.29) is 11.8 Å². The van der Waals surface area contributed by atoms with Crippen LogP contribution in [0.1, 0.15) is 46.0 Å². The van der Waals surface area contributed by atoms with E-state index in [2.05, 4.69) is 17.6 Å². The first-order chi connectivity index (χ1) is 14.6. The van der Waals surface area contributed by atoms with Gasteiger partial charge in [0.1, 0.15) is 17.5 Å². The van der Waals surface area contributed by atoms with Crippen LogP contribution in [-0.4, -0.2) is 30.2 Å². The Hall–Kier alpha value is -2.47. The highest BCUT2D eigenvalue weighted by Gasteiger charge is 2.19. The van der Waals surface area contributed by atoms with Crippen LogP contribution in [0.3, 0.4) is 0 Å². The number of carbonyl (C=O) groups excluding carboxylic acids is 2. The predicted octanol–water partition coefficient (Wildman–Crippen LogP) is 5.16. The molecular formula is C24H32N2O3S. The van der Waals surface area contributed by atoms with Crippen molar-refractivity contribution in [1.29, 1.82) is 0 Å². The fourth-order valence-electron chi connectivity index (χ4n) is 2.90. The van der Waals surface area contributed by atoms with Crippen molar-refractivity contribution in [2.24, 2.45) is 0 Å². The Morgan fingerprint density at radius 3 is 2.27 bits per heavy atom. The number of carbonyl (C=O) groups is 2. The van der Waals surface area contributed by atoms with Gasteiger partial charge in [0.25, 0.3) is 0 Å². The molecule has 0 saturated heterocycles. The van der Waals surface area contributed by atoms with Crippen LogP contribution in [0.4, 0.5) is 0 Å². The van der Waals surface area contributed by atoms with Crippen molar-refractivity contribution in [2.45, 2.75) is 56.9 Å².